The molecule has 0 aromatic rings. The summed E-state index contributed by atoms with van der Waals surface area (Å²) in [4.78, 5) is 0. The molecule has 1 rings (SSSR count). The van der Waals surface area contributed by atoms with Crippen LogP contribution in [0.1, 0.15) is 46.5 Å². The van der Waals surface area contributed by atoms with Gasteiger partial charge in [-0.05, 0) is 25.7 Å². The van der Waals surface area contributed by atoms with Crippen molar-refractivity contribution in [3.8, 4) is 0 Å². The highest BCUT2D eigenvalue weighted by atomic mass is 32.2. The lowest BCUT2D eigenvalue weighted by Crippen LogP contribution is -2.51. The maximum Gasteiger partial charge on any atom is 0.282 e. The van der Waals surface area contributed by atoms with Gasteiger partial charge in [-0.1, -0.05) is 20.3 Å². The van der Waals surface area contributed by atoms with E-state index in [0.29, 0.717) is 19.6 Å². The van der Waals surface area contributed by atoms with Crippen LogP contribution >= 0.6 is 0 Å². The maximum absolute atomic E-state index is 12.8. The second kappa shape index (κ2) is 7.38. The quantitative estimate of drug-likeness (QED) is 0.550. The van der Waals surface area contributed by atoms with Crippen LogP contribution in [0.5, 0.6) is 0 Å². The van der Waals surface area contributed by atoms with Crippen LogP contribution in [-0.2, 0) is 10.2 Å². The first kappa shape index (κ1) is 17.4. The molecule has 1 fully saturated rings. The zero-order chi connectivity index (χ0) is 15.3. The summed E-state index contributed by atoms with van der Waals surface area (Å²) in [5, 5.41) is 7.30. The monoisotopic (exact) mass is 304 g/mol. The third kappa shape index (κ3) is 4.71. The third-order valence-electron chi connectivity index (χ3n) is 3.56. The molecular formula is C13H28N4O2S. The van der Waals surface area contributed by atoms with E-state index in [1.54, 1.807) is 4.31 Å². The molecular weight excluding hydrogens is 276 g/mol. The molecule has 1 saturated heterocycles. The molecule has 1 aliphatic rings. The Morgan fingerprint density at radius 3 is 2.60 bits per heavy atom. The Balaban J connectivity index is 2.87. The average molecular weight is 304 g/mol. The first-order valence-corrected chi connectivity index (χ1v) is 8.74. The Labute approximate surface area is 123 Å². The van der Waals surface area contributed by atoms with Gasteiger partial charge in [-0.25, -0.2) is 0 Å². The SMILES string of the molecule is CC(C)CN(CCC(=N)N)S(=O)(=O)N1CCCCC1C. The minimum absolute atomic E-state index is 0.0284. The molecule has 1 aliphatic heterocycles. The predicted molar refractivity (Wildman–Crippen MR) is 81.9 cm³/mol. The predicted octanol–water partition coefficient (Wildman–Crippen LogP) is 1.39. The van der Waals surface area contributed by atoms with E-state index in [0.717, 1.165) is 19.3 Å². The number of nitrogens with one attached hydrogen (secondary N) is 1. The van der Waals surface area contributed by atoms with Crippen LogP contribution < -0.4 is 5.73 Å². The van der Waals surface area contributed by atoms with Gasteiger partial charge in [0.15, 0.2) is 0 Å². The van der Waals surface area contributed by atoms with Gasteiger partial charge in [-0.15, -0.1) is 0 Å². The van der Waals surface area contributed by atoms with Crippen LogP contribution in [0.4, 0.5) is 0 Å². The van der Waals surface area contributed by atoms with Gasteiger partial charge in [-0.2, -0.15) is 17.0 Å². The van der Waals surface area contributed by atoms with Gasteiger partial charge in [0.25, 0.3) is 10.2 Å². The van der Waals surface area contributed by atoms with Crippen molar-refractivity contribution in [2.24, 2.45) is 11.7 Å². The van der Waals surface area contributed by atoms with Crippen molar-refractivity contribution in [2.45, 2.75) is 52.5 Å². The highest BCUT2D eigenvalue weighted by Gasteiger charge is 2.34. The zero-order valence-electron chi connectivity index (χ0n) is 12.8. The van der Waals surface area contributed by atoms with Crippen molar-refractivity contribution < 1.29 is 8.42 Å². The summed E-state index contributed by atoms with van der Waals surface area (Å²) >= 11 is 0. The van der Waals surface area contributed by atoms with Crippen molar-refractivity contribution in [1.82, 2.24) is 8.61 Å². The summed E-state index contributed by atoms with van der Waals surface area (Å²) in [6, 6.07) is 0.0562. The lowest BCUT2D eigenvalue weighted by atomic mass is 10.1. The Kier molecular flexibility index (Phi) is 6.42. The summed E-state index contributed by atoms with van der Waals surface area (Å²) in [5.74, 6) is 0.275. The van der Waals surface area contributed by atoms with Gasteiger partial charge in [0.05, 0.1) is 5.84 Å². The molecule has 3 N–H and O–H groups in total. The Hall–Kier alpha value is -0.660. The van der Waals surface area contributed by atoms with Crippen LogP contribution in [0.25, 0.3) is 0 Å². The highest BCUT2D eigenvalue weighted by molar-refractivity contribution is 7.86. The van der Waals surface area contributed by atoms with Crippen LogP contribution in [0.3, 0.4) is 0 Å². The Morgan fingerprint density at radius 1 is 1.45 bits per heavy atom. The van der Waals surface area contributed by atoms with E-state index in [1.807, 2.05) is 20.8 Å². The topological polar surface area (TPSA) is 90.5 Å². The fourth-order valence-corrected chi connectivity index (χ4v) is 4.54. The number of hydrogen-bond donors (Lipinski definition) is 2. The summed E-state index contributed by atoms with van der Waals surface area (Å²) in [5.41, 5.74) is 5.37. The molecule has 0 aromatic heterocycles. The minimum Gasteiger partial charge on any atom is -0.388 e. The van der Waals surface area contributed by atoms with Gasteiger partial charge in [0.2, 0.25) is 0 Å². The van der Waals surface area contributed by atoms with Crippen molar-refractivity contribution >= 4 is 16.0 Å². The van der Waals surface area contributed by atoms with Gasteiger partial charge < -0.3 is 5.73 Å². The molecule has 1 heterocycles. The normalized spacial score (nSPS) is 21.6. The van der Waals surface area contributed by atoms with Crippen molar-refractivity contribution in [3.05, 3.63) is 0 Å². The first-order chi connectivity index (χ1) is 9.25. The fourth-order valence-electron chi connectivity index (χ4n) is 2.52. The van der Waals surface area contributed by atoms with Gasteiger partial charge in [0, 0.05) is 32.1 Å². The summed E-state index contributed by atoms with van der Waals surface area (Å²) < 4.78 is 28.7. The van der Waals surface area contributed by atoms with Crippen LogP contribution in [0.2, 0.25) is 0 Å². The molecule has 7 heteroatoms. The maximum atomic E-state index is 12.8. The number of piperidine rings is 1. The largest absolute Gasteiger partial charge is 0.388 e. The van der Waals surface area contributed by atoms with Crippen LogP contribution in [0.15, 0.2) is 0 Å². The molecule has 6 nitrogen and oxygen atoms in total. The third-order valence-corrected chi connectivity index (χ3v) is 5.68. The summed E-state index contributed by atoms with van der Waals surface area (Å²) in [7, 11) is -3.45. The number of nitrogens with two attached hydrogens (primary N) is 1. The van der Waals surface area contributed by atoms with E-state index in [4.69, 9.17) is 11.1 Å². The molecule has 118 valence electrons. The minimum atomic E-state index is -3.45. The Morgan fingerprint density at radius 2 is 2.10 bits per heavy atom. The molecule has 20 heavy (non-hydrogen) atoms. The lowest BCUT2D eigenvalue weighted by molar-refractivity contribution is 0.240. The standard InChI is InChI=1S/C13H28N4O2S/c1-11(2)10-16(9-7-13(14)15)20(18,19)17-8-5-4-6-12(17)3/h11-12H,4-10H2,1-3H3,(H3,14,15). The van der Waals surface area contributed by atoms with Crippen molar-refractivity contribution in [3.63, 3.8) is 0 Å². The van der Waals surface area contributed by atoms with Gasteiger partial charge in [0.1, 0.15) is 0 Å². The second-order valence-corrected chi connectivity index (χ2v) is 7.87. The summed E-state index contributed by atoms with van der Waals surface area (Å²) in [6.45, 7) is 7.32. The number of nitrogens with zero attached hydrogens (tertiary/aromatic N) is 2. The molecule has 0 aromatic carbocycles. The first-order valence-electron chi connectivity index (χ1n) is 7.35. The van der Waals surface area contributed by atoms with Crippen molar-refractivity contribution in [1.29, 1.82) is 5.41 Å². The molecule has 0 radical (unpaired) electrons. The van der Waals surface area contributed by atoms with E-state index < -0.39 is 10.2 Å². The molecule has 0 bridgehead atoms. The second-order valence-electron chi connectivity index (χ2n) is 5.99. The Bertz CT molecular complexity index is 422. The molecule has 1 atom stereocenters. The highest BCUT2D eigenvalue weighted by Crippen LogP contribution is 2.23. The van der Waals surface area contributed by atoms with E-state index in [9.17, 15) is 8.42 Å². The van der Waals surface area contributed by atoms with Crippen molar-refractivity contribution in [2.75, 3.05) is 19.6 Å². The molecule has 0 aliphatic carbocycles. The lowest BCUT2D eigenvalue weighted by Gasteiger charge is -2.37. The van der Waals surface area contributed by atoms with E-state index in [-0.39, 0.29) is 24.2 Å². The van der Waals surface area contributed by atoms with Crippen LogP contribution in [0, 0.1) is 11.3 Å². The average Bonchev–Trinajstić information content (AvgIpc) is 2.34. The zero-order valence-corrected chi connectivity index (χ0v) is 13.6. The number of rotatable bonds is 7. The molecule has 0 saturated carbocycles. The van der Waals surface area contributed by atoms with Crippen LogP contribution in [-0.4, -0.2) is 48.5 Å². The molecule has 1 unspecified atom stereocenters. The molecule has 0 amide bonds. The van der Waals surface area contributed by atoms with Gasteiger partial charge >= 0.3 is 0 Å². The number of hydrogen-bond acceptors (Lipinski definition) is 3. The van der Waals surface area contributed by atoms with E-state index in [1.165, 1.54) is 4.31 Å². The fraction of sp³-hybridized carbons (Fsp3) is 0.923. The van der Waals surface area contributed by atoms with Gasteiger partial charge in [-0.3, -0.25) is 5.41 Å². The number of amidine groups is 1. The smallest absolute Gasteiger partial charge is 0.282 e. The van der Waals surface area contributed by atoms with E-state index >= 15 is 0 Å². The van der Waals surface area contributed by atoms with E-state index in [2.05, 4.69) is 0 Å². The summed E-state index contributed by atoms with van der Waals surface area (Å²) in [6.07, 6.45) is 3.21. The molecule has 0 spiro atoms.